The SMILES string of the molecule is C=Cc1nc(C(C)(C)CCCC)cs1. The van der Waals surface area contributed by atoms with Gasteiger partial charge in [-0.1, -0.05) is 40.2 Å². The van der Waals surface area contributed by atoms with Gasteiger partial charge in [0, 0.05) is 10.8 Å². The highest BCUT2D eigenvalue weighted by Crippen LogP contribution is 2.30. The Morgan fingerprint density at radius 3 is 2.79 bits per heavy atom. The van der Waals surface area contributed by atoms with Gasteiger partial charge in [-0.15, -0.1) is 11.3 Å². The van der Waals surface area contributed by atoms with Gasteiger partial charge < -0.3 is 0 Å². The van der Waals surface area contributed by atoms with Crippen LogP contribution in [0.5, 0.6) is 0 Å². The van der Waals surface area contributed by atoms with Crippen molar-refractivity contribution < 1.29 is 0 Å². The highest BCUT2D eigenvalue weighted by Gasteiger charge is 2.22. The van der Waals surface area contributed by atoms with Crippen molar-refractivity contribution in [3.8, 4) is 0 Å². The van der Waals surface area contributed by atoms with Crippen LogP contribution in [0.4, 0.5) is 0 Å². The number of nitrogens with zero attached hydrogens (tertiary/aromatic N) is 1. The average Bonchev–Trinajstić information content (AvgIpc) is 2.63. The molecule has 0 saturated carbocycles. The first kappa shape index (κ1) is 11.4. The van der Waals surface area contributed by atoms with Crippen LogP contribution in [0.15, 0.2) is 12.0 Å². The lowest BCUT2D eigenvalue weighted by atomic mass is 9.84. The zero-order valence-corrected chi connectivity index (χ0v) is 10.2. The van der Waals surface area contributed by atoms with Crippen LogP contribution in [0.2, 0.25) is 0 Å². The summed E-state index contributed by atoms with van der Waals surface area (Å²) in [5.41, 5.74) is 1.43. The van der Waals surface area contributed by atoms with Crippen molar-refractivity contribution in [2.75, 3.05) is 0 Å². The fourth-order valence-corrected chi connectivity index (χ4v) is 2.29. The third-order valence-electron chi connectivity index (χ3n) is 2.55. The first-order valence-corrected chi connectivity index (χ1v) is 6.06. The van der Waals surface area contributed by atoms with E-state index in [-0.39, 0.29) is 5.41 Å². The van der Waals surface area contributed by atoms with E-state index in [9.17, 15) is 0 Å². The lowest BCUT2D eigenvalue weighted by molar-refractivity contribution is 0.447. The number of thiazole rings is 1. The summed E-state index contributed by atoms with van der Waals surface area (Å²) in [6.07, 6.45) is 5.56. The topological polar surface area (TPSA) is 12.9 Å². The molecule has 1 aromatic rings. The summed E-state index contributed by atoms with van der Waals surface area (Å²) in [5, 5.41) is 3.19. The smallest absolute Gasteiger partial charge is 0.115 e. The van der Waals surface area contributed by atoms with Crippen molar-refractivity contribution in [1.82, 2.24) is 4.98 Å². The molecule has 0 N–H and O–H groups in total. The van der Waals surface area contributed by atoms with E-state index >= 15 is 0 Å². The van der Waals surface area contributed by atoms with Crippen LogP contribution in [0, 0.1) is 0 Å². The van der Waals surface area contributed by atoms with Gasteiger partial charge in [-0.05, 0) is 12.5 Å². The number of hydrogen-bond donors (Lipinski definition) is 0. The van der Waals surface area contributed by atoms with Crippen LogP contribution >= 0.6 is 11.3 Å². The molecule has 0 unspecified atom stereocenters. The Kier molecular flexibility index (Phi) is 3.87. The zero-order valence-electron chi connectivity index (χ0n) is 9.34. The van der Waals surface area contributed by atoms with Gasteiger partial charge in [0.2, 0.25) is 0 Å². The summed E-state index contributed by atoms with van der Waals surface area (Å²) < 4.78 is 0. The standard InChI is InChI=1S/C12H19NS/c1-5-7-8-12(3,4)10-9-14-11(6-2)13-10/h6,9H,2,5,7-8H2,1,3-4H3. The van der Waals surface area contributed by atoms with E-state index in [0.717, 1.165) is 5.01 Å². The number of hydrogen-bond acceptors (Lipinski definition) is 2. The molecule has 0 bridgehead atoms. The minimum absolute atomic E-state index is 0.216. The zero-order chi connectivity index (χ0) is 10.6. The van der Waals surface area contributed by atoms with Gasteiger partial charge in [0.05, 0.1) is 5.69 Å². The van der Waals surface area contributed by atoms with Crippen LogP contribution in [-0.2, 0) is 5.41 Å². The van der Waals surface area contributed by atoms with E-state index in [1.54, 1.807) is 11.3 Å². The predicted octanol–water partition coefficient (Wildman–Crippen LogP) is 4.25. The second-order valence-corrected chi connectivity index (χ2v) is 5.15. The van der Waals surface area contributed by atoms with Crippen molar-refractivity contribution in [3.63, 3.8) is 0 Å². The maximum Gasteiger partial charge on any atom is 0.115 e. The van der Waals surface area contributed by atoms with E-state index in [1.807, 2.05) is 6.08 Å². The molecule has 0 radical (unpaired) electrons. The maximum absolute atomic E-state index is 4.55. The molecule has 0 aromatic carbocycles. The molecular formula is C12H19NS. The first-order chi connectivity index (χ1) is 6.60. The Balaban J connectivity index is 2.75. The summed E-state index contributed by atoms with van der Waals surface area (Å²) in [4.78, 5) is 4.55. The van der Waals surface area contributed by atoms with Gasteiger partial charge in [0.15, 0.2) is 0 Å². The molecule has 0 aliphatic heterocycles. The summed E-state index contributed by atoms with van der Waals surface area (Å²) in [6.45, 7) is 10.5. The van der Waals surface area contributed by atoms with Gasteiger partial charge in [0.1, 0.15) is 5.01 Å². The van der Waals surface area contributed by atoms with Crippen LogP contribution < -0.4 is 0 Å². The van der Waals surface area contributed by atoms with Gasteiger partial charge in [-0.2, -0.15) is 0 Å². The van der Waals surface area contributed by atoms with E-state index in [2.05, 4.69) is 37.7 Å². The predicted molar refractivity (Wildman–Crippen MR) is 64.8 cm³/mol. The summed E-state index contributed by atoms with van der Waals surface area (Å²) in [6, 6.07) is 0. The quantitative estimate of drug-likeness (QED) is 0.706. The normalized spacial score (nSPS) is 11.6. The summed E-state index contributed by atoms with van der Waals surface area (Å²) >= 11 is 1.68. The molecule has 14 heavy (non-hydrogen) atoms. The maximum atomic E-state index is 4.55. The molecular weight excluding hydrogens is 190 g/mol. The lowest BCUT2D eigenvalue weighted by Crippen LogP contribution is -2.17. The Morgan fingerprint density at radius 2 is 2.29 bits per heavy atom. The number of rotatable bonds is 5. The van der Waals surface area contributed by atoms with Crippen molar-refractivity contribution in [2.24, 2.45) is 0 Å². The first-order valence-electron chi connectivity index (χ1n) is 5.18. The molecule has 0 aliphatic rings. The minimum Gasteiger partial charge on any atom is -0.241 e. The van der Waals surface area contributed by atoms with Gasteiger partial charge in [-0.25, -0.2) is 4.98 Å². The average molecular weight is 209 g/mol. The second-order valence-electron chi connectivity index (χ2n) is 4.26. The van der Waals surface area contributed by atoms with E-state index in [4.69, 9.17) is 0 Å². The number of aromatic nitrogens is 1. The third-order valence-corrected chi connectivity index (χ3v) is 3.39. The highest BCUT2D eigenvalue weighted by atomic mass is 32.1. The molecule has 0 aliphatic carbocycles. The third kappa shape index (κ3) is 2.68. The molecule has 0 spiro atoms. The van der Waals surface area contributed by atoms with Crippen molar-refractivity contribution in [3.05, 3.63) is 22.7 Å². The molecule has 1 aromatic heterocycles. The minimum atomic E-state index is 0.216. The van der Waals surface area contributed by atoms with E-state index in [1.165, 1.54) is 25.0 Å². The number of unbranched alkanes of at least 4 members (excludes halogenated alkanes) is 1. The Labute approximate surface area is 90.9 Å². The highest BCUT2D eigenvalue weighted by molar-refractivity contribution is 7.10. The van der Waals surface area contributed by atoms with Gasteiger partial charge in [0.25, 0.3) is 0 Å². The molecule has 0 atom stereocenters. The van der Waals surface area contributed by atoms with E-state index in [0.29, 0.717) is 0 Å². The van der Waals surface area contributed by atoms with Crippen molar-refractivity contribution >= 4 is 17.4 Å². The second kappa shape index (κ2) is 4.74. The van der Waals surface area contributed by atoms with Crippen LogP contribution in [0.1, 0.15) is 50.7 Å². The van der Waals surface area contributed by atoms with Gasteiger partial charge >= 0.3 is 0 Å². The van der Waals surface area contributed by atoms with E-state index < -0.39 is 0 Å². The molecule has 0 amide bonds. The molecule has 1 heterocycles. The van der Waals surface area contributed by atoms with Crippen LogP contribution in [-0.4, -0.2) is 4.98 Å². The fourth-order valence-electron chi connectivity index (χ4n) is 1.44. The molecule has 2 heteroatoms. The van der Waals surface area contributed by atoms with Crippen LogP contribution in [0.25, 0.3) is 6.08 Å². The fraction of sp³-hybridized carbons (Fsp3) is 0.583. The molecule has 78 valence electrons. The summed E-state index contributed by atoms with van der Waals surface area (Å²) in [5.74, 6) is 0. The monoisotopic (exact) mass is 209 g/mol. The van der Waals surface area contributed by atoms with Crippen molar-refractivity contribution in [1.29, 1.82) is 0 Å². The Bertz CT molecular complexity index is 299. The Morgan fingerprint density at radius 1 is 1.57 bits per heavy atom. The van der Waals surface area contributed by atoms with Gasteiger partial charge in [-0.3, -0.25) is 0 Å². The molecule has 0 saturated heterocycles. The molecule has 1 rings (SSSR count). The van der Waals surface area contributed by atoms with Crippen LogP contribution in [0.3, 0.4) is 0 Å². The largest absolute Gasteiger partial charge is 0.241 e. The molecule has 1 nitrogen and oxygen atoms in total. The summed E-state index contributed by atoms with van der Waals surface area (Å²) in [7, 11) is 0. The Hall–Kier alpha value is -0.630. The molecule has 0 fully saturated rings. The lowest BCUT2D eigenvalue weighted by Gasteiger charge is -2.21. The van der Waals surface area contributed by atoms with Crippen molar-refractivity contribution in [2.45, 2.75) is 45.4 Å².